The molecule has 0 aliphatic carbocycles. The lowest BCUT2D eigenvalue weighted by Gasteiger charge is -2.06. The highest BCUT2D eigenvalue weighted by atomic mass is 79.9. The van der Waals surface area contributed by atoms with Crippen molar-refractivity contribution in [1.82, 2.24) is 15.5 Å². The number of benzene rings is 1. The van der Waals surface area contributed by atoms with E-state index < -0.39 is 0 Å². The van der Waals surface area contributed by atoms with E-state index in [0.717, 1.165) is 6.42 Å². The number of halogens is 2. The predicted octanol–water partition coefficient (Wildman–Crippen LogP) is 3.31. The Morgan fingerprint density at radius 2 is 2.22 bits per heavy atom. The van der Waals surface area contributed by atoms with E-state index in [1.807, 2.05) is 14.0 Å². The molecule has 2 rings (SSSR count). The number of aromatic nitrogens is 2. The number of nitrogens with one attached hydrogen (secondary N) is 1. The van der Waals surface area contributed by atoms with Crippen LogP contribution in [0.1, 0.15) is 25.3 Å². The minimum atomic E-state index is -0.341. The highest BCUT2D eigenvalue weighted by molar-refractivity contribution is 9.10. The van der Waals surface area contributed by atoms with Crippen molar-refractivity contribution >= 4 is 15.9 Å². The van der Waals surface area contributed by atoms with E-state index in [1.54, 1.807) is 6.07 Å². The smallest absolute Gasteiger partial charge is 0.244 e. The molecule has 1 atom stereocenters. The molecule has 18 heavy (non-hydrogen) atoms. The Bertz CT molecular complexity index is 520. The quantitative estimate of drug-likeness (QED) is 0.941. The van der Waals surface area contributed by atoms with E-state index in [9.17, 15) is 4.39 Å². The normalized spacial score (nSPS) is 12.7. The minimum absolute atomic E-state index is 0.0169. The van der Waals surface area contributed by atoms with Crippen molar-refractivity contribution in [2.45, 2.75) is 19.4 Å². The number of nitrogens with zero attached hydrogens (tertiary/aromatic N) is 2. The molecule has 1 unspecified atom stereocenters. The van der Waals surface area contributed by atoms with Crippen LogP contribution in [0.4, 0.5) is 4.39 Å². The molecule has 0 spiro atoms. The van der Waals surface area contributed by atoms with Crippen molar-refractivity contribution in [2.24, 2.45) is 0 Å². The fourth-order valence-electron chi connectivity index (χ4n) is 1.68. The second-order valence-corrected chi connectivity index (χ2v) is 4.78. The first kappa shape index (κ1) is 13.2. The molecule has 0 fully saturated rings. The van der Waals surface area contributed by atoms with Gasteiger partial charge in [0, 0.05) is 10.0 Å². The summed E-state index contributed by atoms with van der Waals surface area (Å²) < 4.78 is 19.1. The third-order valence-corrected chi connectivity index (χ3v) is 3.08. The fraction of sp³-hybridized carbons (Fsp3) is 0.333. The first-order valence-corrected chi connectivity index (χ1v) is 6.40. The van der Waals surface area contributed by atoms with Gasteiger partial charge in [0.2, 0.25) is 11.7 Å². The summed E-state index contributed by atoms with van der Waals surface area (Å²) in [5, 5.41) is 6.95. The number of hydrogen-bond donors (Lipinski definition) is 1. The van der Waals surface area contributed by atoms with Gasteiger partial charge in [0.15, 0.2) is 0 Å². The van der Waals surface area contributed by atoms with Crippen molar-refractivity contribution in [3.63, 3.8) is 0 Å². The van der Waals surface area contributed by atoms with Gasteiger partial charge in [-0.25, -0.2) is 4.39 Å². The van der Waals surface area contributed by atoms with Crippen LogP contribution in [0.2, 0.25) is 0 Å². The van der Waals surface area contributed by atoms with Gasteiger partial charge in [-0.05, 0) is 31.7 Å². The van der Waals surface area contributed by atoms with Crippen LogP contribution >= 0.6 is 15.9 Å². The summed E-state index contributed by atoms with van der Waals surface area (Å²) in [6.45, 7) is 2.02. The third-order valence-electron chi connectivity index (χ3n) is 2.62. The zero-order valence-corrected chi connectivity index (χ0v) is 11.7. The highest BCUT2D eigenvalue weighted by Gasteiger charge is 2.16. The van der Waals surface area contributed by atoms with Crippen LogP contribution < -0.4 is 5.32 Å². The summed E-state index contributed by atoms with van der Waals surface area (Å²) in [6, 6.07) is 4.52. The summed E-state index contributed by atoms with van der Waals surface area (Å²) in [5.74, 6) is 0.556. The molecule has 1 aromatic carbocycles. The lowest BCUT2D eigenvalue weighted by atomic mass is 10.2. The molecule has 1 heterocycles. The van der Waals surface area contributed by atoms with Gasteiger partial charge < -0.3 is 9.84 Å². The Labute approximate surface area is 113 Å². The monoisotopic (exact) mass is 313 g/mol. The zero-order chi connectivity index (χ0) is 13.1. The molecule has 0 saturated heterocycles. The molecule has 0 aliphatic rings. The standard InChI is InChI=1S/C12H13BrFN3O/c1-3-10(15-2)12-16-11(17-18-12)7-4-8(13)6-9(14)5-7/h4-6,10,15H,3H2,1-2H3. The highest BCUT2D eigenvalue weighted by Crippen LogP contribution is 2.24. The molecule has 1 N–H and O–H groups in total. The first-order valence-electron chi connectivity index (χ1n) is 5.61. The molecule has 1 aromatic heterocycles. The van der Waals surface area contributed by atoms with Crippen molar-refractivity contribution < 1.29 is 8.91 Å². The molecule has 96 valence electrons. The Kier molecular flexibility index (Phi) is 4.08. The van der Waals surface area contributed by atoms with Gasteiger partial charge in [-0.1, -0.05) is 28.0 Å². The Morgan fingerprint density at radius 3 is 2.83 bits per heavy atom. The first-order chi connectivity index (χ1) is 8.63. The van der Waals surface area contributed by atoms with E-state index >= 15 is 0 Å². The number of hydrogen-bond acceptors (Lipinski definition) is 4. The summed E-state index contributed by atoms with van der Waals surface area (Å²) in [7, 11) is 1.83. The van der Waals surface area contributed by atoms with Crippen LogP contribution in [0.3, 0.4) is 0 Å². The second-order valence-electron chi connectivity index (χ2n) is 3.86. The van der Waals surface area contributed by atoms with Gasteiger partial charge in [0.1, 0.15) is 5.82 Å². The summed E-state index contributed by atoms with van der Waals surface area (Å²) in [5.41, 5.74) is 0.586. The van der Waals surface area contributed by atoms with E-state index in [1.165, 1.54) is 12.1 Å². The van der Waals surface area contributed by atoms with Crippen LogP contribution in [0.25, 0.3) is 11.4 Å². The van der Waals surface area contributed by atoms with Gasteiger partial charge in [-0.2, -0.15) is 4.98 Å². The van der Waals surface area contributed by atoms with Crippen molar-refractivity contribution in [3.05, 3.63) is 34.4 Å². The molecular formula is C12H13BrFN3O. The van der Waals surface area contributed by atoms with Crippen LogP contribution in [0, 0.1) is 5.82 Å². The largest absolute Gasteiger partial charge is 0.337 e. The maximum absolute atomic E-state index is 13.3. The van der Waals surface area contributed by atoms with E-state index in [0.29, 0.717) is 21.8 Å². The van der Waals surface area contributed by atoms with Crippen LogP contribution in [0.15, 0.2) is 27.2 Å². The maximum Gasteiger partial charge on any atom is 0.244 e. The maximum atomic E-state index is 13.3. The van der Waals surface area contributed by atoms with Crippen molar-refractivity contribution in [2.75, 3.05) is 7.05 Å². The lowest BCUT2D eigenvalue weighted by molar-refractivity contribution is 0.334. The fourth-order valence-corrected chi connectivity index (χ4v) is 2.14. The van der Waals surface area contributed by atoms with Crippen LogP contribution in [-0.2, 0) is 0 Å². The molecule has 2 aromatic rings. The average Bonchev–Trinajstić information content (AvgIpc) is 2.79. The summed E-state index contributed by atoms with van der Waals surface area (Å²) in [6.07, 6.45) is 0.838. The van der Waals surface area contributed by atoms with Gasteiger partial charge in [0.05, 0.1) is 6.04 Å². The molecule has 0 aliphatic heterocycles. The van der Waals surface area contributed by atoms with Crippen molar-refractivity contribution in [3.8, 4) is 11.4 Å². The molecule has 0 bridgehead atoms. The van der Waals surface area contributed by atoms with Crippen LogP contribution in [-0.4, -0.2) is 17.2 Å². The SMILES string of the molecule is CCC(NC)c1nc(-c2cc(F)cc(Br)c2)no1. The van der Waals surface area contributed by atoms with Gasteiger partial charge in [-0.3, -0.25) is 0 Å². The molecule has 0 saturated carbocycles. The molecular weight excluding hydrogens is 301 g/mol. The third kappa shape index (κ3) is 2.76. The molecule has 6 heteroatoms. The van der Waals surface area contributed by atoms with E-state index in [4.69, 9.17) is 4.52 Å². The second kappa shape index (κ2) is 5.58. The predicted molar refractivity (Wildman–Crippen MR) is 69.5 cm³/mol. The Morgan fingerprint density at radius 1 is 1.44 bits per heavy atom. The minimum Gasteiger partial charge on any atom is -0.337 e. The van der Waals surface area contributed by atoms with Crippen molar-refractivity contribution in [1.29, 1.82) is 0 Å². The summed E-state index contributed by atoms with van der Waals surface area (Å²) >= 11 is 3.23. The van der Waals surface area contributed by atoms with E-state index in [2.05, 4.69) is 31.4 Å². The Hall–Kier alpha value is -1.27. The van der Waals surface area contributed by atoms with Gasteiger partial charge in [-0.15, -0.1) is 0 Å². The molecule has 0 radical (unpaired) electrons. The number of rotatable bonds is 4. The zero-order valence-electron chi connectivity index (χ0n) is 10.1. The topological polar surface area (TPSA) is 51.0 Å². The Balaban J connectivity index is 2.34. The van der Waals surface area contributed by atoms with Crippen LogP contribution in [0.5, 0.6) is 0 Å². The summed E-state index contributed by atoms with van der Waals surface area (Å²) in [4.78, 5) is 4.28. The van der Waals surface area contributed by atoms with E-state index in [-0.39, 0.29) is 11.9 Å². The average molecular weight is 314 g/mol. The van der Waals surface area contributed by atoms with Gasteiger partial charge >= 0.3 is 0 Å². The lowest BCUT2D eigenvalue weighted by Crippen LogP contribution is -2.15. The van der Waals surface area contributed by atoms with Gasteiger partial charge in [0.25, 0.3) is 0 Å². The molecule has 0 amide bonds. The molecule has 4 nitrogen and oxygen atoms in total.